The molecule has 1 aromatic carbocycles. The molecule has 6 heteroatoms. The monoisotopic (exact) mass is 290 g/mol. The number of rotatable bonds is 3. The smallest absolute Gasteiger partial charge is 0.249 e. The first kappa shape index (κ1) is 13.9. The second kappa shape index (κ2) is 6.13. The lowest BCUT2D eigenvalue weighted by Crippen LogP contribution is -2.33. The molecule has 21 heavy (non-hydrogen) atoms. The fraction of sp³-hybridized carbons (Fsp3) is 0.467. The number of amides is 2. The Morgan fingerprint density at radius 1 is 1.38 bits per heavy atom. The summed E-state index contributed by atoms with van der Waals surface area (Å²) in [6.07, 6.45) is 1.73. The van der Waals surface area contributed by atoms with Gasteiger partial charge in [0, 0.05) is 13.2 Å². The molecular weight excluding hydrogens is 272 g/mol. The summed E-state index contributed by atoms with van der Waals surface area (Å²) in [4.78, 5) is 23.4. The van der Waals surface area contributed by atoms with Crippen molar-refractivity contribution in [1.29, 1.82) is 0 Å². The van der Waals surface area contributed by atoms with E-state index in [-0.39, 0.29) is 17.9 Å². The third-order valence-corrected chi connectivity index (χ3v) is 3.59. The molecule has 2 N–H and O–H groups in total. The third kappa shape index (κ3) is 3.33. The van der Waals surface area contributed by atoms with Gasteiger partial charge in [0.1, 0.15) is 11.9 Å². The van der Waals surface area contributed by atoms with Crippen molar-refractivity contribution in [1.82, 2.24) is 5.32 Å². The Kier molecular flexibility index (Phi) is 4.06. The maximum Gasteiger partial charge on any atom is 0.249 e. The normalized spacial score (nSPS) is 21.0. The van der Waals surface area contributed by atoms with Crippen molar-refractivity contribution in [3.05, 3.63) is 23.8 Å². The van der Waals surface area contributed by atoms with Gasteiger partial charge in [0.15, 0.2) is 0 Å². The topological polar surface area (TPSA) is 76.7 Å². The standard InChI is InChI=1S/C15H18N2O4/c18-14-5-7-21-12-4-3-10(8-11(12)17-14)9-16-15(19)13-2-1-6-20-13/h3-4,8,13H,1-2,5-7,9H2,(H,16,19)(H,17,18). The minimum absolute atomic E-state index is 0.0608. The molecule has 0 saturated carbocycles. The molecule has 2 amide bonds. The summed E-state index contributed by atoms with van der Waals surface area (Å²) >= 11 is 0. The second-order valence-electron chi connectivity index (χ2n) is 5.20. The lowest BCUT2D eigenvalue weighted by molar-refractivity contribution is -0.130. The van der Waals surface area contributed by atoms with Gasteiger partial charge in [-0.1, -0.05) is 6.07 Å². The number of anilines is 1. The number of fused-ring (bicyclic) bond motifs is 1. The number of ether oxygens (including phenoxy) is 2. The van der Waals surface area contributed by atoms with E-state index in [2.05, 4.69) is 10.6 Å². The van der Waals surface area contributed by atoms with Gasteiger partial charge in [-0.15, -0.1) is 0 Å². The van der Waals surface area contributed by atoms with Crippen molar-refractivity contribution in [2.75, 3.05) is 18.5 Å². The van der Waals surface area contributed by atoms with Crippen molar-refractivity contribution in [2.45, 2.75) is 31.9 Å². The molecule has 2 aliphatic rings. The van der Waals surface area contributed by atoms with Crippen molar-refractivity contribution < 1.29 is 19.1 Å². The molecular formula is C15H18N2O4. The number of hydrogen-bond acceptors (Lipinski definition) is 4. The fourth-order valence-electron chi connectivity index (χ4n) is 2.46. The summed E-state index contributed by atoms with van der Waals surface area (Å²) in [5.74, 6) is 0.520. The van der Waals surface area contributed by atoms with Crippen LogP contribution in [0, 0.1) is 0 Å². The van der Waals surface area contributed by atoms with E-state index in [1.54, 1.807) is 0 Å². The summed E-state index contributed by atoms with van der Waals surface area (Å²) in [6, 6.07) is 5.52. The molecule has 1 fully saturated rings. The average molecular weight is 290 g/mol. The van der Waals surface area contributed by atoms with Gasteiger partial charge < -0.3 is 20.1 Å². The van der Waals surface area contributed by atoms with Crippen molar-refractivity contribution in [2.24, 2.45) is 0 Å². The number of hydrogen-bond donors (Lipinski definition) is 2. The minimum atomic E-state index is -0.325. The average Bonchev–Trinajstić information content (AvgIpc) is 2.94. The Morgan fingerprint density at radius 3 is 3.10 bits per heavy atom. The summed E-state index contributed by atoms with van der Waals surface area (Å²) in [6.45, 7) is 1.44. The Balaban J connectivity index is 1.63. The van der Waals surface area contributed by atoms with Crippen LogP contribution in [0.1, 0.15) is 24.8 Å². The molecule has 112 valence electrons. The number of carbonyl (C=O) groups is 2. The van der Waals surface area contributed by atoms with Crippen LogP contribution < -0.4 is 15.4 Å². The van der Waals surface area contributed by atoms with Crippen molar-refractivity contribution in [3.63, 3.8) is 0 Å². The SMILES string of the molecule is O=C1CCOc2ccc(CNC(=O)C3CCCO3)cc2N1. The summed E-state index contributed by atoms with van der Waals surface area (Å²) in [7, 11) is 0. The van der Waals surface area contributed by atoms with E-state index in [4.69, 9.17) is 9.47 Å². The highest BCUT2D eigenvalue weighted by molar-refractivity contribution is 5.93. The second-order valence-corrected chi connectivity index (χ2v) is 5.20. The predicted octanol–water partition coefficient (Wildman–Crippen LogP) is 1.20. The van der Waals surface area contributed by atoms with Crippen LogP contribution >= 0.6 is 0 Å². The van der Waals surface area contributed by atoms with Crippen LogP contribution in [0.15, 0.2) is 18.2 Å². The van der Waals surface area contributed by atoms with Crippen molar-refractivity contribution in [3.8, 4) is 5.75 Å². The molecule has 1 unspecified atom stereocenters. The molecule has 6 nitrogen and oxygen atoms in total. The van der Waals surface area contributed by atoms with Gasteiger partial charge in [-0.3, -0.25) is 9.59 Å². The number of nitrogens with one attached hydrogen (secondary N) is 2. The van der Waals surface area contributed by atoms with E-state index in [0.29, 0.717) is 37.6 Å². The van der Waals surface area contributed by atoms with Crippen molar-refractivity contribution >= 4 is 17.5 Å². The molecule has 3 rings (SSSR count). The molecule has 0 aliphatic carbocycles. The Hall–Kier alpha value is -2.08. The molecule has 0 bridgehead atoms. The first-order valence-electron chi connectivity index (χ1n) is 7.17. The molecule has 2 heterocycles. The highest BCUT2D eigenvalue weighted by atomic mass is 16.5. The van der Waals surface area contributed by atoms with Crippen LogP contribution in [-0.4, -0.2) is 31.1 Å². The van der Waals surface area contributed by atoms with Gasteiger partial charge >= 0.3 is 0 Å². The van der Waals surface area contributed by atoms with Gasteiger partial charge in [0.05, 0.1) is 18.7 Å². The van der Waals surface area contributed by atoms with Crippen LogP contribution in [0.5, 0.6) is 5.75 Å². The maximum atomic E-state index is 11.9. The Labute approximate surface area is 122 Å². The van der Waals surface area contributed by atoms with E-state index in [1.165, 1.54) is 0 Å². The van der Waals surface area contributed by atoms with Crippen LogP contribution in [0.25, 0.3) is 0 Å². The van der Waals surface area contributed by atoms with E-state index in [0.717, 1.165) is 18.4 Å². The molecule has 1 aromatic rings. The zero-order valence-electron chi connectivity index (χ0n) is 11.7. The largest absolute Gasteiger partial charge is 0.491 e. The highest BCUT2D eigenvalue weighted by Crippen LogP contribution is 2.28. The van der Waals surface area contributed by atoms with Gasteiger partial charge in [-0.2, -0.15) is 0 Å². The lowest BCUT2D eigenvalue weighted by atomic mass is 10.1. The first-order valence-corrected chi connectivity index (χ1v) is 7.17. The highest BCUT2D eigenvalue weighted by Gasteiger charge is 2.23. The maximum absolute atomic E-state index is 11.9. The zero-order chi connectivity index (χ0) is 14.7. The first-order chi connectivity index (χ1) is 10.2. The quantitative estimate of drug-likeness (QED) is 0.877. The van der Waals surface area contributed by atoms with E-state index >= 15 is 0 Å². The van der Waals surface area contributed by atoms with Crippen LogP contribution in [0.3, 0.4) is 0 Å². The molecule has 1 saturated heterocycles. The summed E-state index contributed by atoms with van der Waals surface area (Å²) < 4.78 is 10.8. The van der Waals surface area contributed by atoms with Gasteiger partial charge in [0.25, 0.3) is 0 Å². The molecule has 0 spiro atoms. The predicted molar refractivity (Wildman–Crippen MR) is 76.0 cm³/mol. The zero-order valence-corrected chi connectivity index (χ0v) is 11.7. The molecule has 0 aromatic heterocycles. The van der Waals surface area contributed by atoms with E-state index < -0.39 is 0 Å². The van der Waals surface area contributed by atoms with E-state index in [1.807, 2.05) is 18.2 Å². The Morgan fingerprint density at radius 2 is 2.29 bits per heavy atom. The fourth-order valence-corrected chi connectivity index (χ4v) is 2.46. The van der Waals surface area contributed by atoms with Crippen LogP contribution in [0.4, 0.5) is 5.69 Å². The lowest BCUT2D eigenvalue weighted by Gasteiger charge is -2.12. The molecule has 0 radical (unpaired) electrons. The molecule has 1 atom stereocenters. The van der Waals surface area contributed by atoms with Gasteiger partial charge in [-0.25, -0.2) is 0 Å². The van der Waals surface area contributed by atoms with Gasteiger partial charge in [-0.05, 0) is 30.5 Å². The number of carbonyl (C=O) groups excluding carboxylic acids is 2. The minimum Gasteiger partial charge on any atom is -0.491 e. The van der Waals surface area contributed by atoms with E-state index in [9.17, 15) is 9.59 Å². The summed E-state index contributed by atoms with van der Waals surface area (Å²) in [5.41, 5.74) is 1.56. The number of benzene rings is 1. The van der Waals surface area contributed by atoms with Crippen LogP contribution in [0.2, 0.25) is 0 Å². The van der Waals surface area contributed by atoms with Gasteiger partial charge in [0.2, 0.25) is 11.8 Å². The van der Waals surface area contributed by atoms with Crippen LogP contribution in [-0.2, 0) is 20.9 Å². The molecule has 2 aliphatic heterocycles. The Bertz CT molecular complexity index is 553. The third-order valence-electron chi connectivity index (χ3n) is 3.59. The summed E-state index contributed by atoms with van der Waals surface area (Å²) in [5, 5.41) is 5.66.